The molecule has 7 fully saturated rings. The van der Waals surface area contributed by atoms with Gasteiger partial charge in [-0.25, -0.2) is 4.79 Å². The molecule has 3 saturated heterocycles. The van der Waals surface area contributed by atoms with Gasteiger partial charge in [0.25, 0.3) is 0 Å². The van der Waals surface area contributed by atoms with Crippen molar-refractivity contribution in [2.45, 2.75) is 158 Å². The summed E-state index contributed by atoms with van der Waals surface area (Å²) in [6, 6.07) is 3.03. The number of carbonyl (C=O) groups is 1. The van der Waals surface area contributed by atoms with E-state index in [9.17, 15) is 50.8 Å². The Bertz CT molecular complexity index is 1900. The molecule has 1 aromatic carbocycles. The van der Waals surface area contributed by atoms with Crippen LogP contribution in [0.25, 0.3) is 0 Å². The Hall–Kier alpha value is -2.73. The topological polar surface area (TPSA) is 282 Å². The normalized spacial score (nSPS) is 47.1. The Kier molecular flexibility index (Phi) is 15.0. The molecule has 1 aromatic rings. The predicted octanol–water partition coefficient (Wildman–Crippen LogP) is 0.439. The van der Waals surface area contributed by atoms with E-state index in [0.717, 1.165) is 5.57 Å². The van der Waals surface area contributed by atoms with E-state index in [1.54, 1.807) is 0 Å². The SMILES string of the molecule is COc1cc(C(=O)O[C@@H]2C[C@H]3CC[C@@H]4[C@H]([C@H](O)C[C@]5(C)[C@H]6[C@H](C)[C@@H](O[C@@H]7O[C@H](CO)[C@@H](O[C@@H]8OC[C@H](O)[C@H](O)[C@H]8O)[C@H](O)[C@H]7O)[C@H](C=C(C)C)O[C@H]6C[C@@H]45)[C@@]3(CO)[C@@H](O)C2)cc(OC)c1OC. The molecule has 4 saturated carbocycles. The first-order valence-corrected chi connectivity index (χ1v) is 23.7. The number of hydrogen-bond acceptors (Lipinski definition) is 19. The molecule has 19 nitrogen and oxygen atoms in total. The number of aliphatic hydroxyl groups excluding tert-OH is 9. The highest BCUT2D eigenvalue weighted by molar-refractivity contribution is 5.91. The standard InChI is InChI=1S/C48H72O19/c1-20(2)10-32-41(66-46-40(57)38(55)43(33(17-49)65-46)67-45-39(56)37(54)28(52)18-62-45)21(3)35-29(64-32)15-26-25-9-8-23-13-24(14-34(53)48(23,19-50)36(25)27(51)16-47(26,35)4)63-44(58)22-11-30(59-5)42(61-7)31(12-22)60-6/h10-12,21,23-29,32-41,43,45-46,49-57H,8-9,13-19H2,1-7H3/t21-,23+,24+,25-,26-,27+,28-,29-,32-,33+,34-,35-,36+,37-,38+,39+,40+,41+,43+,45-,46-,47-,48+/m0/s1. The zero-order valence-corrected chi connectivity index (χ0v) is 39.3. The first-order chi connectivity index (χ1) is 31.9. The maximum Gasteiger partial charge on any atom is 0.338 e. The van der Waals surface area contributed by atoms with Crippen molar-refractivity contribution in [2.75, 3.05) is 41.2 Å². The third kappa shape index (κ3) is 8.70. The van der Waals surface area contributed by atoms with Crippen LogP contribution in [-0.2, 0) is 28.4 Å². The molecule has 8 rings (SSSR count). The molecule has 7 aliphatic rings. The Morgan fingerprint density at radius 1 is 0.806 bits per heavy atom. The van der Waals surface area contributed by atoms with Crippen LogP contribution in [-0.4, -0.2) is 185 Å². The third-order valence-corrected chi connectivity index (χ3v) is 17.0. The fourth-order valence-corrected chi connectivity index (χ4v) is 14.1. The van der Waals surface area contributed by atoms with Gasteiger partial charge in [-0.2, -0.15) is 0 Å². The summed E-state index contributed by atoms with van der Waals surface area (Å²) in [6.45, 7) is 6.74. The molecule has 23 atom stereocenters. The molecule has 0 spiro atoms. The molecule has 4 aliphatic carbocycles. The van der Waals surface area contributed by atoms with E-state index >= 15 is 0 Å². The van der Waals surface area contributed by atoms with Gasteiger partial charge in [0, 0.05) is 11.8 Å². The van der Waals surface area contributed by atoms with E-state index in [1.807, 2.05) is 19.9 Å². The zero-order chi connectivity index (χ0) is 48.4. The summed E-state index contributed by atoms with van der Waals surface area (Å²) in [7, 11) is 4.38. The van der Waals surface area contributed by atoms with Gasteiger partial charge in [-0.1, -0.05) is 25.5 Å². The minimum Gasteiger partial charge on any atom is -0.493 e. The Morgan fingerprint density at radius 3 is 2.10 bits per heavy atom. The number of carbonyl (C=O) groups excluding carboxylic acids is 1. The second kappa shape index (κ2) is 19.8. The maximum atomic E-state index is 13.6. The summed E-state index contributed by atoms with van der Waals surface area (Å²) in [5.41, 5.74) is -0.385. The largest absolute Gasteiger partial charge is 0.493 e. The number of esters is 1. The molecule has 9 N–H and O–H groups in total. The number of rotatable bonds is 12. The number of hydrogen-bond donors (Lipinski definition) is 9. The highest BCUT2D eigenvalue weighted by Crippen LogP contribution is 2.70. The molecule has 0 radical (unpaired) electrons. The molecule has 19 heteroatoms. The second-order valence-corrected chi connectivity index (χ2v) is 20.7. The predicted molar refractivity (Wildman–Crippen MR) is 233 cm³/mol. The van der Waals surface area contributed by atoms with Crippen molar-refractivity contribution in [3.05, 3.63) is 29.3 Å². The van der Waals surface area contributed by atoms with E-state index in [4.69, 9.17) is 42.6 Å². The number of ether oxygens (including phenoxy) is 9. The van der Waals surface area contributed by atoms with Crippen molar-refractivity contribution in [2.24, 2.45) is 46.3 Å². The molecule has 67 heavy (non-hydrogen) atoms. The summed E-state index contributed by atoms with van der Waals surface area (Å²) in [4.78, 5) is 13.6. The van der Waals surface area contributed by atoms with Crippen molar-refractivity contribution >= 4 is 5.97 Å². The highest BCUT2D eigenvalue weighted by atomic mass is 16.7. The van der Waals surface area contributed by atoms with Crippen LogP contribution in [0.1, 0.15) is 76.6 Å². The second-order valence-electron chi connectivity index (χ2n) is 20.7. The lowest BCUT2D eigenvalue weighted by Crippen LogP contribution is -2.66. The van der Waals surface area contributed by atoms with Crippen molar-refractivity contribution in [3.8, 4) is 17.2 Å². The molecule has 0 amide bonds. The van der Waals surface area contributed by atoms with E-state index in [-0.39, 0.29) is 60.9 Å². The van der Waals surface area contributed by atoms with Crippen LogP contribution in [0.2, 0.25) is 0 Å². The van der Waals surface area contributed by atoms with E-state index < -0.39 is 115 Å². The highest BCUT2D eigenvalue weighted by Gasteiger charge is 2.70. The van der Waals surface area contributed by atoms with E-state index in [0.29, 0.717) is 49.4 Å². The Balaban J connectivity index is 0.994. The zero-order valence-electron chi connectivity index (χ0n) is 39.3. The summed E-state index contributed by atoms with van der Waals surface area (Å²) in [5.74, 6) is -0.845. The van der Waals surface area contributed by atoms with Gasteiger partial charge in [0.2, 0.25) is 5.75 Å². The van der Waals surface area contributed by atoms with Crippen molar-refractivity contribution in [3.63, 3.8) is 0 Å². The van der Waals surface area contributed by atoms with Crippen LogP contribution in [0, 0.1) is 46.3 Å². The first-order valence-electron chi connectivity index (χ1n) is 23.7. The lowest BCUT2D eigenvalue weighted by molar-refractivity contribution is -0.361. The minimum atomic E-state index is -1.70. The molecule has 3 heterocycles. The van der Waals surface area contributed by atoms with Crippen LogP contribution in [0.15, 0.2) is 23.8 Å². The van der Waals surface area contributed by atoms with Crippen LogP contribution in [0.4, 0.5) is 0 Å². The fourth-order valence-electron chi connectivity index (χ4n) is 14.1. The van der Waals surface area contributed by atoms with Gasteiger partial charge in [0.15, 0.2) is 24.1 Å². The van der Waals surface area contributed by atoms with Gasteiger partial charge in [0.1, 0.15) is 54.9 Å². The van der Waals surface area contributed by atoms with Gasteiger partial charge >= 0.3 is 5.97 Å². The summed E-state index contributed by atoms with van der Waals surface area (Å²) in [6.07, 6.45) is -13.1. The van der Waals surface area contributed by atoms with Gasteiger partial charge in [-0.15, -0.1) is 0 Å². The molecular formula is C48H72O19. The van der Waals surface area contributed by atoms with Crippen LogP contribution < -0.4 is 14.2 Å². The quantitative estimate of drug-likeness (QED) is 0.102. The van der Waals surface area contributed by atoms with Gasteiger partial charge in [-0.3, -0.25) is 0 Å². The molecule has 3 aliphatic heterocycles. The molecule has 0 unspecified atom stereocenters. The number of methoxy groups -OCH3 is 3. The van der Waals surface area contributed by atoms with Gasteiger partial charge in [0.05, 0.1) is 71.1 Å². The van der Waals surface area contributed by atoms with E-state index in [1.165, 1.54) is 33.5 Å². The Morgan fingerprint density at radius 2 is 1.48 bits per heavy atom. The van der Waals surface area contributed by atoms with Crippen molar-refractivity contribution < 1.29 is 93.4 Å². The summed E-state index contributed by atoms with van der Waals surface area (Å²) >= 11 is 0. The molecular weight excluding hydrogens is 881 g/mol. The van der Waals surface area contributed by atoms with E-state index in [2.05, 4.69) is 13.8 Å². The average molecular weight is 953 g/mol. The van der Waals surface area contributed by atoms with Gasteiger partial charge in [-0.05, 0) is 99.0 Å². The monoisotopic (exact) mass is 952 g/mol. The number of allylic oxidation sites excluding steroid dienone is 1. The lowest BCUT2D eigenvalue weighted by Gasteiger charge is -2.64. The molecule has 0 bridgehead atoms. The first kappa shape index (κ1) is 50.7. The number of fused-ring (bicyclic) bond motifs is 7. The third-order valence-electron chi connectivity index (χ3n) is 17.0. The fraction of sp³-hybridized carbons (Fsp3) is 0.812. The molecule has 378 valence electrons. The molecule has 0 aromatic heterocycles. The summed E-state index contributed by atoms with van der Waals surface area (Å²) in [5, 5.41) is 99.9. The van der Waals surface area contributed by atoms with Crippen LogP contribution in [0.5, 0.6) is 17.2 Å². The maximum absolute atomic E-state index is 13.6. The van der Waals surface area contributed by atoms with Crippen molar-refractivity contribution in [1.29, 1.82) is 0 Å². The van der Waals surface area contributed by atoms with Crippen LogP contribution in [0.3, 0.4) is 0 Å². The number of aliphatic hydroxyl groups is 9. The number of benzene rings is 1. The smallest absolute Gasteiger partial charge is 0.338 e. The van der Waals surface area contributed by atoms with Crippen molar-refractivity contribution in [1.82, 2.24) is 0 Å². The lowest BCUT2D eigenvalue weighted by atomic mass is 9.42. The van der Waals surface area contributed by atoms with Gasteiger partial charge < -0.3 is 88.6 Å². The average Bonchev–Trinajstić information content (AvgIpc) is 3.60. The Labute approximate surface area is 390 Å². The minimum absolute atomic E-state index is 0.0311. The van der Waals surface area contributed by atoms with Crippen LogP contribution >= 0.6 is 0 Å². The summed E-state index contributed by atoms with van der Waals surface area (Å²) < 4.78 is 53.1.